The predicted molar refractivity (Wildman–Crippen MR) is 142 cm³/mol. The van der Waals surface area contributed by atoms with Crippen molar-refractivity contribution in [3.63, 3.8) is 0 Å². The molecule has 4 aromatic carbocycles. The highest BCUT2D eigenvalue weighted by Crippen LogP contribution is 2.27. The number of benzene rings is 4. The van der Waals surface area contributed by atoms with Gasteiger partial charge in [-0.1, -0.05) is 97.1 Å². The van der Waals surface area contributed by atoms with E-state index < -0.39 is 11.9 Å². The Labute approximate surface area is 212 Å². The summed E-state index contributed by atoms with van der Waals surface area (Å²) in [5, 5.41) is 0. The van der Waals surface area contributed by atoms with Gasteiger partial charge in [-0.05, 0) is 58.4 Å². The number of hydrogen-bond donors (Lipinski definition) is 0. The van der Waals surface area contributed by atoms with E-state index in [0.717, 1.165) is 44.5 Å². The average molecular weight is 479 g/mol. The van der Waals surface area contributed by atoms with Crippen molar-refractivity contribution in [2.75, 3.05) is 0 Å². The first-order chi connectivity index (χ1) is 17.5. The van der Waals surface area contributed by atoms with Crippen LogP contribution in [0.25, 0.3) is 22.3 Å². The van der Waals surface area contributed by atoms with Gasteiger partial charge in [-0.3, -0.25) is 9.59 Å². The summed E-state index contributed by atoms with van der Waals surface area (Å²) in [6.07, 6.45) is -0.0292. The second-order valence-corrected chi connectivity index (χ2v) is 8.73. The number of rotatable bonds is 9. The maximum atomic E-state index is 12.3. The SMILES string of the molecule is Cc1c(COC(=O)CCC(=O)OCc2cccc(-c3ccccc3)c2C)cccc1-c1ccccc1. The molecule has 0 heterocycles. The molecule has 0 bridgehead atoms. The second kappa shape index (κ2) is 12.0. The molecule has 0 unspecified atom stereocenters. The molecule has 0 N–H and O–H groups in total. The molecular weight excluding hydrogens is 448 g/mol. The predicted octanol–water partition coefficient (Wildman–Crippen LogP) is 7.20. The van der Waals surface area contributed by atoms with Crippen LogP contribution in [0.1, 0.15) is 35.1 Å². The summed E-state index contributed by atoms with van der Waals surface area (Å²) in [6, 6.07) is 32.2. The normalized spacial score (nSPS) is 10.6. The van der Waals surface area contributed by atoms with Crippen molar-refractivity contribution in [1.29, 1.82) is 0 Å². The lowest BCUT2D eigenvalue weighted by Crippen LogP contribution is -2.11. The lowest BCUT2D eigenvalue weighted by Gasteiger charge is -2.13. The first kappa shape index (κ1) is 24.9. The van der Waals surface area contributed by atoms with E-state index in [2.05, 4.69) is 36.4 Å². The van der Waals surface area contributed by atoms with Crippen molar-refractivity contribution in [3.05, 3.63) is 119 Å². The van der Waals surface area contributed by atoms with Gasteiger partial charge in [0.05, 0.1) is 12.8 Å². The Bertz CT molecular complexity index is 1220. The van der Waals surface area contributed by atoms with Crippen LogP contribution < -0.4 is 0 Å². The minimum Gasteiger partial charge on any atom is -0.461 e. The summed E-state index contributed by atoms with van der Waals surface area (Å²) >= 11 is 0. The first-order valence-corrected chi connectivity index (χ1v) is 12.1. The van der Waals surface area contributed by atoms with Crippen LogP contribution in [0.15, 0.2) is 97.1 Å². The van der Waals surface area contributed by atoms with Crippen LogP contribution in [0.3, 0.4) is 0 Å². The molecular formula is C32H30O4. The molecule has 0 aromatic heterocycles. The molecule has 0 amide bonds. The van der Waals surface area contributed by atoms with E-state index >= 15 is 0 Å². The van der Waals surface area contributed by atoms with Crippen molar-refractivity contribution in [2.24, 2.45) is 0 Å². The molecule has 0 saturated carbocycles. The molecule has 0 saturated heterocycles. The standard InChI is InChI=1S/C32H30O4/c1-23-27(15-9-17-29(23)25-11-5-3-6-12-25)21-35-31(33)19-20-32(34)36-22-28-16-10-18-30(24(28)2)26-13-7-4-8-14-26/h3-18H,19-22H2,1-2H3. The van der Waals surface area contributed by atoms with Crippen LogP contribution in [0, 0.1) is 13.8 Å². The third-order valence-electron chi connectivity index (χ3n) is 6.37. The van der Waals surface area contributed by atoms with Crippen molar-refractivity contribution >= 4 is 11.9 Å². The van der Waals surface area contributed by atoms with E-state index in [4.69, 9.17) is 9.47 Å². The van der Waals surface area contributed by atoms with Gasteiger partial charge < -0.3 is 9.47 Å². The second-order valence-electron chi connectivity index (χ2n) is 8.73. The Morgan fingerprint density at radius 1 is 0.528 bits per heavy atom. The van der Waals surface area contributed by atoms with E-state index in [1.165, 1.54) is 0 Å². The number of ether oxygens (including phenoxy) is 2. The molecule has 4 rings (SSSR count). The molecule has 4 heteroatoms. The van der Waals surface area contributed by atoms with E-state index in [1.54, 1.807) is 0 Å². The van der Waals surface area contributed by atoms with Crippen molar-refractivity contribution in [1.82, 2.24) is 0 Å². The smallest absolute Gasteiger partial charge is 0.306 e. The van der Waals surface area contributed by atoms with Crippen LogP contribution in [0.2, 0.25) is 0 Å². The van der Waals surface area contributed by atoms with Gasteiger partial charge in [0, 0.05) is 0 Å². The van der Waals surface area contributed by atoms with E-state index in [-0.39, 0.29) is 26.1 Å². The third-order valence-corrected chi connectivity index (χ3v) is 6.37. The summed E-state index contributed by atoms with van der Waals surface area (Å²) in [5.41, 5.74) is 8.50. The Hall–Kier alpha value is -4.18. The summed E-state index contributed by atoms with van der Waals surface area (Å²) < 4.78 is 10.9. The zero-order valence-corrected chi connectivity index (χ0v) is 20.7. The van der Waals surface area contributed by atoms with Crippen molar-refractivity contribution < 1.29 is 19.1 Å². The van der Waals surface area contributed by atoms with Crippen LogP contribution >= 0.6 is 0 Å². The van der Waals surface area contributed by atoms with E-state index in [1.807, 2.05) is 74.5 Å². The number of carbonyl (C=O) groups excluding carboxylic acids is 2. The summed E-state index contributed by atoms with van der Waals surface area (Å²) in [6.45, 7) is 4.40. The minimum absolute atomic E-state index is 0.0146. The zero-order chi connectivity index (χ0) is 25.3. The van der Waals surface area contributed by atoms with Gasteiger partial charge in [0.2, 0.25) is 0 Å². The quantitative estimate of drug-likeness (QED) is 0.239. The Balaban J connectivity index is 1.26. The van der Waals surface area contributed by atoms with Gasteiger partial charge in [-0.25, -0.2) is 0 Å². The Kier molecular flexibility index (Phi) is 8.30. The highest BCUT2D eigenvalue weighted by atomic mass is 16.5. The monoisotopic (exact) mass is 478 g/mol. The Morgan fingerprint density at radius 2 is 0.917 bits per heavy atom. The highest BCUT2D eigenvalue weighted by Gasteiger charge is 2.13. The lowest BCUT2D eigenvalue weighted by atomic mass is 9.97. The van der Waals surface area contributed by atoms with Crippen LogP contribution in [0.5, 0.6) is 0 Å². The summed E-state index contributed by atoms with van der Waals surface area (Å²) in [4.78, 5) is 24.6. The van der Waals surface area contributed by atoms with Crippen LogP contribution in [-0.4, -0.2) is 11.9 Å². The average Bonchev–Trinajstić information content (AvgIpc) is 2.91. The van der Waals surface area contributed by atoms with Crippen molar-refractivity contribution in [3.8, 4) is 22.3 Å². The van der Waals surface area contributed by atoms with Gasteiger partial charge in [0.15, 0.2) is 0 Å². The maximum Gasteiger partial charge on any atom is 0.306 e. The maximum absolute atomic E-state index is 12.3. The molecule has 0 fully saturated rings. The topological polar surface area (TPSA) is 52.6 Å². The third kappa shape index (κ3) is 6.28. The molecule has 0 aliphatic carbocycles. The van der Waals surface area contributed by atoms with Gasteiger partial charge in [0.1, 0.15) is 13.2 Å². The number of hydrogen-bond acceptors (Lipinski definition) is 4. The first-order valence-electron chi connectivity index (χ1n) is 12.1. The molecule has 0 aliphatic heterocycles. The van der Waals surface area contributed by atoms with Gasteiger partial charge in [0.25, 0.3) is 0 Å². The van der Waals surface area contributed by atoms with Gasteiger partial charge >= 0.3 is 11.9 Å². The molecule has 182 valence electrons. The minimum atomic E-state index is -0.418. The molecule has 0 atom stereocenters. The molecule has 36 heavy (non-hydrogen) atoms. The highest BCUT2D eigenvalue weighted by molar-refractivity contribution is 5.78. The molecule has 0 spiro atoms. The fourth-order valence-corrected chi connectivity index (χ4v) is 4.21. The fraction of sp³-hybridized carbons (Fsp3) is 0.188. The van der Waals surface area contributed by atoms with E-state index in [0.29, 0.717) is 0 Å². The number of esters is 2. The fourth-order valence-electron chi connectivity index (χ4n) is 4.21. The largest absolute Gasteiger partial charge is 0.461 e. The van der Waals surface area contributed by atoms with Crippen molar-refractivity contribution in [2.45, 2.75) is 39.9 Å². The van der Waals surface area contributed by atoms with Crippen LogP contribution in [-0.2, 0) is 32.3 Å². The Morgan fingerprint density at radius 3 is 1.31 bits per heavy atom. The lowest BCUT2D eigenvalue weighted by molar-refractivity contribution is -0.151. The van der Waals surface area contributed by atoms with Crippen LogP contribution in [0.4, 0.5) is 0 Å². The summed E-state index contributed by atoms with van der Waals surface area (Å²) in [7, 11) is 0. The molecule has 4 aromatic rings. The summed E-state index contributed by atoms with van der Waals surface area (Å²) in [5.74, 6) is -0.836. The van der Waals surface area contributed by atoms with Gasteiger partial charge in [-0.15, -0.1) is 0 Å². The zero-order valence-electron chi connectivity index (χ0n) is 20.7. The molecule has 0 aliphatic rings. The number of carbonyl (C=O) groups is 2. The van der Waals surface area contributed by atoms with E-state index in [9.17, 15) is 9.59 Å². The van der Waals surface area contributed by atoms with Gasteiger partial charge in [-0.2, -0.15) is 0 Å². The molecule has 4 nitrogen and oxygen atoms in total. The molecule has 0 radical (unpaired) electrons.